The van der Waals surface area contributed by atoms with E-state index in [0.29, 0.717) is 13.2 Å². The van der Waals surface area contributed by atoms with Crippen LogP contribution in [0.15, 0.2) is 47.3 Å². The number of carbonyl (C=O) groups is 1. The number of nitrogens with zero attached hydrogens (tertiary/aromatic N) is 3. The van der Waals surface area contributed by atoms with Gasteiger partial charge in [0.05, 0.1) is 19.4 Å². The molecule has 0 aliphatic carbocycles. The maximum atomic E-state index is 13.3. The fourth-order valence-electron chi connectivity index (χ4n) is 3.70. The Balaban J connectivity index is 1.74. The number of halogens is 2. The van der Waals surface area contributed by atoms with Crippen molar-refractivity contribution in [2.75, 3.05) is 44.7 Å². The normalized spacial score (nSPS) is 19.5. The summed E-state index contributed by atoms with van der Waals surface area (Å²) in [6, 6.07) is 2.10. The van der Waals surface area contributed by atoms with Crippen molar-refractivity contribution in [2.45, 2.75) is 13.3 Å². The van der Waals surface area contributed by atoms with Crippen LogP contribution in [-0.4, -0.2) is 61.4 Å². The summed E-state index contributed by atoms with van der Waals surface area (Å²) in [6.07, 6.45) is 4.51. The summed E-state index contributed by atoms with van der Waals surface area (Å²) in [6.45, 7) is 10.7. The first-order valence-electron chi connectivity index (χ1n) is 10.0. The van der Waals surface area contributed by atoms with E-state index in [1.165, 1.54) is 0 Å². The lowest BCUT2D eigenvalue weighted by Crippen LogP contribution is -2.41. The largest absolute Gasteiger partial charge is 0.378 e. The minimum Gasteiger partial charge on any atom is -0.378 e. The fraction of sp³-hybridized carbons (Fsp3) is 0.429. The van der Waals surface area contributed by atoms with Crippen LogP contribution in [0.3, 0.4) is 0 Å². The van der Waals surface area contributed by atoms with Gasteiger partial charge in [-0.25, -0.2) is 19.0 Å². The number of benzene rings is 1. The molecule has 1 aromatic carbocycles. The lowest BCUT2D eigenvalue weighted by molar-refractivity contribution is 0.0397. The molecular formula is C21H27F2N5O2. The van der Waals surface area contributed by atoms with Gasteiger partial charge in [-0.2, -0.15) is 5.10 Å². The maximum Gasteiger partial charge on any atom is 0.339 e. The first kappa shape index (κ1) is 21.8. The van der Waals surface area contributed by atoms with E-state index in [-0.39, 0.29) is 11.6 Å². The quantitative estimate of drug-likeness (QED) is 0.405. The zero-order valence-corrected chi connectivity index (χ0v) is 17.0. The zero-order valence-electron chi connectivity index (χ0n) is 17.0. The van der Waals surface area contributed by atoms with Gasteiger partial charge in [0.25, 0.3) is 0 Å². The van der Waals surface area contributed by atoms with Gasteiger partial charge in [-0.3, -0.25) is 0 Å². The third kappa shape index (κ3) is 5.35. The van der Waals surface area contributed by atoms with Gasteiger partial charge in [-0.05, 0) is 18.6 Å². The second-order valence-corrected chi connectivity index (χ2v) is 7.15. The molecule has 2 heterocycles. The van der Waals surface area contributed by atoms with E-state index in [9.17, 15) is 13.6 Å². The molecule has 0 saturated carbocycles. The number of amides is 2. The molecule has 162 valence electrons. The van der Waals surface area contributed by atoms with Crippen molar-refractivity contribution in [3.05, 3.63) is 53.9 Å². The summed E-state index contributed by atoms with van der Waals surface area (Å²) in [5.74, 6) is -0.377. The molecule has 1 unspecified atom stereocenters. The third-order valence-corrected chi connectivity index (χ3v) is 4.95. The molecule has 0 bridgehead atoms. The molecule has 2 amide bonds. The number of anilines is 1. The lowest BCUT2D eigenvalue weighted by Gasteiger charge is -2.35. The number of hydrogen-bond donors (Lipinski definition) is 2. The predicted octanol–water partition coefficient (Wildman–Crippen LogP) is 3.14. The van der Waals surface area contributed by atoms with Crippen molar-refractivity contribution in [2.24, 2.45) is 11.0 Å². The first-order valence-corrected chi connectivity index (χ1v) is 10.0. The number of hydrogen-bond acceptors (Lipinski definition) is 5. The molecule has 2 N–H and O–H groups in total. The van der Waals surface area contributed by atoms with Crippen molar-refractivity contribution >= 4 is 17.9 Å². The van der Waals surface area contributed by atoms with Gasteiger partial charge in [-0.1, -0.05) is 13.0 Å². The van der Waals surface area contributed by atoms with Crippen LogP contribution in [0.5, 0.6) is 0 Å². The van der Waals surface area contributed by atoms with Crippen molar-refractivity contribution in [3.63, 3.8) is 0 Å². The molecule has 2 aliphatic rings. The van der Waals surface area contributed by atoms with E-state index in [4.69, 9.17) is 4.74 Å². The zero-order chi connectivity index (χ0) is 21.5. The Kier molecular flexibility index (Phi) is 7.40. The molecule has 0 radical (unpaired) electrons. The van der Waals surface area contributed by atoms with Gasteiger partial charge < -0.3 is 19.9 Å². The monoisotopic (exact) mass is 419 g/mol. The first-order chi connectivity index (χ1) is 14.5. The maximum absolute atomic E-state index is 13.3. The van der Waals surface area contributed by atoms with Crippen LogP contribution in [0.1, 0.15) is 13.3 Å². The smallest absolute Gasteiger partial charge is 0.339 e. The van der Waals surface area contributed by atoms with Crippen LogP contribution in [0.25, 0.3) is 0 Å². The highest BCUT2D eigenvalue weighted by molar-refractivity contribution is 5.90. The second kappa shape index (κ2) is 10.2. The van der Waals surface area contributed by atoms with Crippen LogP contribution < -0.4 is 10.7 Å². The number of morpholine rings is 1. The number of ether oxygens (including phenoxy) is 1. The summed E-state index contributed by atoms with van der Waals surface area (Å²) in [7, 11) is 0. The molecule has 3 rings (SSSR count). The van der Waals surface area contributed by atoms with Crippen molar-refractivity contribution in [1.82, 2.24) is 15.2 Å². The third-order valence-electron chi connectivity index (χ3n) is 4.95. The average Bonchev–Trinajstić information content (AvgIpc) is 3.05. The Morgan fingerprint density at radius 1 is 1.30 bits per heavy atom. The number of carbonyl (C=O) groups excluding carboxylic acids is 1. The highest BCUT2D eigenvalue weighted by Gasteiger charge is 2.32. The summed E-state index contributed by atoms with van der Waals surface area (Å²) < 4.78 is 32.0. The molecule has 30 heavy (non-hydrogen) atoms. The van der Waals surface area contributed by atoms with Gasteiger partial charge in [0.1, 0.15) is 17.5 Å². The van der Waals surface area contributed by atoms with E-state index >= 15 is 0 Å². The predicted molar refractivity (Wildman–Crippen MR) is 112 cm³/mol. The minimum absolute atomic E-state index is 0.00683. The molecule has 2 aliphatic heterocycles. The van der Waals surface area contributed by atoms with Crippen molar-refractivity contribution in [1.29, 1.82) is 0 Å². The van der Waals surface area contributed by atoms with E-state index in [2.05, 4.69) is 39.1 Å². The summed E-state index contributed by atoms with van der Waals surface area (Å²) >= 11 is 0. The van der Waals surface area contributed by atoms with E-state index in [1.807, 2.05) is 6.08 Å². The molecule has 0 spiro atoms. The molecule has 7 nitrogen and oxygen atoms in total. The molecule has 9 heteroatoms. The molecule has 1 fully saturated rings. The highest BCUT2D eigenvalue weighted by atomic mass is 19.1. The number of nitrogens with one attached hydrogen (secondary N) is 2. The SMILES string of the molecule is C=CC1CN(CCC)C(N2CCOCC2)=C1/C=N/NC(=O)Nc1cc(F)cc(F)c1. The highest BCUT2D eigenvalue weighted by Crippen LogP contribution is 2.31. The number of rotatable bonds is 7. The fourth-order valence-corrected chi connectivity index (χ4v) is 3.70. The van der Waals surface area contributed by atoms with E-state index in [0.717, 1.165) is 62.2 Å². The minimum atomic E-state index is -0.773. The Morgan fingerprint density at radius 3 is 2.63 bits per heavy atom. The van der Waals surface area contributed by atoms with Crippen molar-refractivity contribution in [3.8, 4) is 0 Å². The van der Waals surface area contributed by atoms with Gasteiger partial charge in [0.15, 0.2) is 0 Å². The Hall–Kier alpha value is -2.94. The second-order valence-electron chi connectivity index (χ2n) is 7.15. The average molecular weight is 419 g/mol. The summed E-state index contributed by atoms with van der Waals surface area (Å²) in [5.41, 5.74) is 3.33. The van der Waals surface area contributed by atoms with Gasteiger partial charge >= 0.3 is 6.03 Å². The molecular weight excluding hydrogens is 392 g/mol. The molecule has 1 aromatic rings. The standard InChI is InChI=1S/C21H27F2N5O2/c1-3-5-28-14-15(4-2)19(20(28)27-6-8-30-9-7-27)13-24-26-21(29)25-18-11-16(22)10-17(23)12-18/h4,10-13,15H,2-3,5-9,14H2,1H3,(H2,25,26,29)/b24-13+. The topological polar surface area (TPSA) is 69.2 Å². The van der Waals surface area contributed by atoms with Crippen LogP contribution in [-0.2, 0) is 4.74 Å². The van der Waals surface area contributed by atoms with Gasteiger partial charge in [0.2, 0.25) is 0 Å². The Bertz CT molecular complexity index is 816. The lowest BCUT2D eigenvalue weighted by atomic mass is 10.0. The molecule has 1 atom stereocenters. The van der Waals surface area contributed by atoms with Crippen molar-refractivity contribution < 1.29 is 18.3 Å². The molecule has 0 aromatic heterocycles. The van der Waals surface area contributed by atoms with Crippen LogP contribution >= 0.6 is 0 Å². The number of urea groups is 1. The van der Waals surface area contributed by atoms with Gasteiger partial charge in [0, 0.05) is 49.4 Å². The van der Waals surface area contributed by atoms with Crippen LogP contribution in [0.2, 0.25) is 0 Å². The van der Waals surface area contributed by atoms with Crippen LogP contribution in [0.4, 0.5) is 19.3 Å². The Morgan fingerprint density at radius 2 is 2.00 bits per heavy atom. The van der Waals surface area contributed by atoms with E-state index < -0.39 is 17.7 Å². The molecule has 1 saturated heterocycles. The Labute approximate surface area is 175 Å². The van der Waals surface area contributed by atoms with E-state index in [1.54, 1.807) is 6.21 Å². The summed E-state index contributed by atoms with van der Waals surface area (Å²) in [5, 5.41) is 6.43. The van der Waals surface area contributed by atoms with Gasteiger partial charge in [-0.15, -0.1) is 6.58 Å². The number of hydrazone groups is 1. The van der Waals surface area contributed by atoms with Crippen LogP contribution in [0, 0.1) is 17.6 Å². The summed E-state index contributed by atoms with van der Waals surface area (Å²) in [4.78, 5) is 16.6.